The molecule has 1 N–H and O–H groups in total. The van der Waals surface area contributed by atoms with Crippen LogP contribution in [0.1, 0.15) is 55.2 Å². The molecule has 3 nitrogen and oxygen atoms in total. The van der Waals surface area contributed by atoms with Crippen LogP contribution in [-0.2, 0) is 24.4 Å². The molecular weight excluding hydrogens is 454 g/mol. The van der Waals surface area contributed by atoms with Crippen molar-refractivity contribution in [3.05, 3.63) is 102 Å². The second-order valence-corrected chi connectivity index (χ2v) is 9.63. The second-order valence-electron chi connectivity index (χ2n) is 9.63. The smallest absolute Gasteiger partial charge is 0.141 e. The van der Waals surface area contributed by atoms with Gasteiger partial charge < -0.3 is 22.0 Å². The molecule has 0 aromatic heterocycles. The predicted octanol–water partition coefficient (Wildman–Crippen LogP) is 2.44. The number of hydrogen-bond acceptors (Lipinski definition) is 2. The molecule has 35 heavy (non-hydrogen) atoms. The lowest BCUT2D eigenvalue weighted by Crippen LogP contribution is -3.11. The van der Waals surface area contributed by atoms with Crippen LogP contribution in [0.2, 0.25) is 0 Å². The SMILES string of the molecule is O=C(CC[NH+](CCc1ccc(OCc2ccccc2)cc1)Cc1ccccc1)C1CCCCC1.[Cl-]. The molecule has 0 bridgehead atoms. The summed E-state index contributed by atoms with van der Waals surface area (Å²) in [5.41, 5.74) is 3.83. The lowest BCUT2D eigenvalue weighted by molar-refractivity contribution is -0.913. The molecule has 1 aliphatic rings. The summed E-state index contributed by atoms with van der Waals surface area (Å²) in [7, 11) is 0. The molecule has 1 aliphatic carbocycles. The average molecular weight is 492 g/mol. The zero-order valence-corrected chi connectivity index (χ0v) is 21.4. The Balaban J connectivity index is 0.00000342. The highest BCUT2D eigenvalue weighted by Gasteiger charge is 2.22. The summed E-state index contributed by atoms with van der Waals surface area (Å²) >= 11 is 0. The Hall–Kier alpha value is -2.62. The molecular formula is C31H38ClNO2. The van der Waals surface area contributed by atoms with Crippen LogP contribution >= 0.6 is 0 Å². The fraction of sp³-hybridized carbons (Fsp3) is 0.387. The fourth-order valence-corrected chi connectivity index (χ4v) is 4.93. The number of carbonyl (C=O) groups is 1. The highest BCUT2D eigenvalue weighted by Crippen LogP contribution is 2.25. The van der Waals surface area contributed by atoms with E-state index in [0.717, 1.165) is 44.6 Å². The lowest BCUT2D eigenvalue weighted by atomic mass is 9.85. The molecule has 0 radical (unpaired) electrons. The van der Waals surface area contributed by atoms with E-state index >= 15 is 0 Å². The van der Waals surface area contributed by atoms with Crippen molar-refractivity contribution in [3.63, 3.8) is 0 Å². The van der Waals surface area contributed by atoms with Crippen LogP contribution in [0.3, 0.4) is 0 Å². The Bertz CT molecular complexity index is 986. The Kier molecular flexibility index (Phi) is 11.3. The summed E-state index contributed by atoms with van der Waals surface area (Å²) in [6, 6.07) is 29.4. The Morgan fingerprint density at radius 2 is 1.37 bits per heavy atom. The van der Waals surface area contributed by atoms with Crippen molar-refractivity contribution in [1.29, 1.82) is 0 Å². The molecule has 4 heteroatoms. The molecule has 1 atom stereocenters. The van der Waals surface area contributed by atoms with Crippen LogP contribution in [0.5, 0.6) is 5.75 Å². The predicted molar refractivity (Wildman–Crippen MR) is 138 cm³/mol. The standard InChI is InChI=1S/C31H37NO2.ClH/c33-31(29-14-8-3-9-15-29)21-23-32(24-27-10-4-1-5-11-27)22-20-26-16-18-30(19-17-26)34-25-28-12-6-2-7-13-28;/h1-2,4-7,10-13,16-19,29H,3,8-9,14-15,20-25H2;1H. The third-order valence-corrected chi connectivity index (χ3v) is 7.02. The van der Waals surface area contributed by atoms with Gasteiger partial charge in [0.2, 0.25) is 0 Å². The van der Waals surface area contributed by atoms with Gasteiger partial charge in [-0.05, 0) is 36.1 Å². The topological polar surface area (TPSA) is 30.7 Å². The molecule has 0 saturated heterocycles. The summed E-state index contributed by atoms with van der Waals surface area (Å²) in [6.45, 7) is 3.50. The van der Waals surface area contributed by atoms with Crippen molar-refractivity contribution in [2.24, 2.45) is 5.92 Å². The number of ether oxygens (including phenoxy) is 1. The van der Waals surface area contributed by atoms with Crippen LogP contribution in [0.15, 0.2) is 84.9 Å². The number of halogens is 1. The monoisotopic (exact) mass is 491 g/mol. The highest BCUT2D eigenvalue weighted by molar-refractivity contribution is 5.81. The maximum absolute atomic E-state index is 12.8. The van der Waals surface area contributed by atoms with Gasteiger partial charge in [-0.3, -0.25) is 4.79 Å². The number of hydrogen-bond donors (Lipinski definition) is 1. The molecule has 0 amide bonds. The molecule has 0 heterocycles. The molecule has 0 aliphatic heterocycles. The number of benzene rings is 3. The lowest BCUT2D eigenvalue weighted by Gasteiger charge is -2.23. The minimum Gasteiger partial charge on any atom is -1.00 e. The maximum atomic E-state index is 12.8. The zero-order chi connectivity index (χ0) is 23.4. The van der Waals surface area contributed by atoms with E-state index in [1.807, 2.05) is 18.2 Å². The van der Waals surface area contributed by atoms with E-state index in [1.54, 1.807) is 0 Å². The van der Waals surface area contributed by atoms with Crippen LogP contribution in [0, 0.1) is 5.92 Å². The van der Waals surface area contributed by atoms with Crippen LogP contribution in [-0.4, -0.2) is 18.9 Å². The minimum absolute atomic E-state index is 0. The van der Waals surface area contributed by atoms with Crippen LogP contribution < -0.4 is 22.0 Å². The van der Waals surface area contributed by atoms with Gasteiger partial charge in [0.25, 0.3) is 0 Å². The second kappa shape index (κ2) is 14.7. The van der Waals surface area contributed by atoms with Crippen LogP contribution in [0.4, 0.5) is 0 Å². The van der Waals surface area contributed by atoms with Crippen molar-refractivity contribution in [3.8, 4) is 5.75 Å². The first-order valence-electron chi connectivity index (χ1n) is 12.9. The molecule has 3 aromatic rings. The van der Waals surface area contributed by atoms with E-state index in [0.29, 0.717) is 24.7 Å². The summed E-state index contributed by atoms with van der Waals surface area (Å²) < 4.78 is 5.93. The van der Waals surface area contributed by atoms with E-state index in [-0.39, 0.29) is 12.4 Å². The third kappa shape index (κ3) is 9.16. The van der Waals surface area contributed by atoms with E-state index in [4.69, 9.17) is 4.74 Å². The number of rotatable bonds is 12. The van der Waals surface area contributed by atoms with Gasteiger partial charge in [-0.25, -0.2) is 0 Å². The Morgan fingerprint density at radius 1 is 0.743 bits per heavy atom. The maximum Gasteiger partial charge on any atom is 0.141 e. The number of Topliss-reactive ketones (excluding diaryl/α,β-unsaturated/α-hetero) is 1. The van der Waals surface area contributed by atoms with Gasteiger partial charge >= 0.3 is 0 Å². The van der Waals surface area contributed by atoms with Gasteiger partial charge in [0.05, 0.1) is 19.5 Å². The molecule has 0 spiro atoms. The van der Waals surface area contributed by atoms with E-state index in [9.17, 15) is 4.79 Å². The largest absolute Gasteiger partial charge is 1.00 e. The first-order chi connectivity index (χ1) is 16.8. The van der Waals surface area contributed by atoms with Crippen molar-refractivity contribution in [2.75, 3.05) is 13.1 Å². The number of carbonyl (C=O) groups excluding carboxylic acids is 1. The molecule has 3 aromatic carbocycles. The van der Waals surface area contributed by atoms with Gasteiger partial charge in [0, 0.05) is 17.9 Å². The van der Waals surface area contributed by atoms with E-state index in [2.05, 4.69) is 66.7 Å². The molecule has 4 rings (SSSR count). The number of nitrogens with one attached hydrogen (secondary N) is 1. The Labute approximate surface area is 216 Å². The summed E-state index contributed by atoms with van der Waals surface area (Å²) in [5, 5.41) is 0. The van der Waals surface area contributed by atoms with Crippen molar-refractivity contribution >= 4 is 5.78 Å². The quantitative estimate of drug-likeness (QED) is 0.422. The van der Waals surface area contributed by atoms with E-state index in [1.165, 1.54) is 40.9 Å². The van der Waals surface area contributed by atoms with Gasteiger partial charge in [0.1, 0.15) is 24.7 Å². The van der Waals surface area contributed by atoms with E-state index < -0.39 is 0 Å². The van der Waals surface area contributed by atoms with Gasteiger partial charge in [-0.2, -0.15) is 0 Å². The molecule has 1 saturated carbocycles. The number of ketones is 1. The normalized spacial score (nSPS) is 14.6. The fourth-order valence-electron chi connectivity index (χ4n) is 4.93. The molecule has 186 valence electrons. The summed E-state index contributed by atoms with van der Waals surface area (Å²) in [5.74, 6) is 1.71. The zero-order valence-electron chi connectivity index (χ0n) is 20.6. The highest BCUT2D eigenvalue weighted by atomic mass is 35.5. The van der Waals surface area contributed by atoms with Crippen LogP contribution in [0.25, 0.3) is 0 Å². The van der Waals surface area contributed by atoms with Crippen molar-refractivity contribution in [2.45, 2.75) is 58.1 Å². The molecule has 1 fully saturated rings. The Morgan fingerprint density at radius 3 is 2.03 bits per heavy atom. The minimum atomic E-state index is 0. The van der Waals surface area contributed by atoms with Gasteiger partial charge in [-0.15, -0.1) is 0 Å². The van der Waals surface area contributed by atoms with Crippen molar-refractivity contribution in [1.82, 2.24) is 0 Å². The summed E-state index contributed by atoms with van der Waals surface area (Å²) in [6.07, 6.45) is 7.66. The third-order valence-electron chi connectivity index (χ3n) is 7.02. The van der Waals surface area contributed by atoms with Gasteiger partial charge in [-0.1, -0.05) is 92.1 Å². The molecule has 1 unspecified atom stereocenters. The summed E-state index contributed by atoms with van der Waals surface area (Å²) in [4.78, 5) is 14.3. The van der Waals surface area contributed by atoms with Crippen molar-refractivity contribution < 1.29 is 26.8 Å². The first-order valence-corrected chi connectivity index (χ1v) is 12.9. The number of quaternary nitrogens is 1. The first kappa shape index (κ1) is 27.0. The van der Waals surface area contributed by atoms with Gasteiger partial charge in [0.15, 0.2) is 0 Å². The average Bonchev–Trinajstić information content (AvgIpc) is 2.91.